The molecule has 1 aliphatic carbocycles. The third-order valence-corrected chi connectivity index (χ3v) is 4.88. The number of fused-ring (bicyclic) bond motifs is 1. The van der Waals surface area contributed by atoms with Gasteiger partial charge in [-0.05, 0) is 37.3 Å². The first-order chi connectivity index (χ1) is 10.7. The van der Waals surface area contributed by atoms with Crippen molar-refractivity contribution in [2.24, 2.45) is 0 Å². The average Bonchev–Trinajstić information content (AvgIpc) is 3.17. The summed E-state index contributed by atoms with van der Waals surface area (Å²) in [6, 6.07) is 4.03. The summed E-state index contributed by atoms with van der Waals surface area (Å²) in [6.45, 7) is 2.26. The summed E-state index contributed by atoms with van der Waals surface area (Å²) < 4.78 is 7.85. The molecule has 0 unspecified atom stereocenters. The molecule has 0 aliphatic heterocycles. The number of thiophene rings is 1. The molecule has 2 aromatic rings. The number of carbonyl (C=O) groups excluding carboxylic acids is 2. The minimum absolute atomic E-state index is 0.0406. The first-order valence-corrected chi connectivity index (χ1v) is 8.60. The van der Waals surface area contributed by atoms with E-state index in [2.05, 4.69) is 5.32 Å². The van der Waals surface area contributed by atoms with Crippen LogP contribution in [0.25, 0.3) is 10.2 Å². The van der Waals surface area contributed by atoms with Crippen molar-refractivity contribution >= 4 is 33.4 Å². The molecule has 0 spiro atoms. The van der Waals surface area contributed by atoms with Gasteiger partial charge in [0, 0.05) is 6.04 Å². The highest BCUT2D eigenvalue weighted by Gasteiger charge is 2.21. The van der Waals surface area contributed by atoms with Gasteiger partial charge in [-0.3, -0.25) is 4.79 Å². The van der Waals surface area contributed by atoms with Gasteiger partial charge in [-0.2, -0.15) is 0 Å². The van der Waals surface area contributed by atoms with E-state index >= 15 is 0 Å². The van der Waals surface area contributed by atoms with Crippen molar-refractivity contribution in [2.75, 3.05) is 6.61 Å². The van der Waals surface area contributed by atoms with E-state index in [0.29, 0.717) is 12.3 Å². The minimum Gasteiger partial charge on any atom is -0.461 e. The Morgan fingerprint density at radius 3 is 2.91 bits per heavy atom. The smallest absolute Gasteiger partial charge is 0.355 e. The molecule has 1 N–H and O–H groups in total. The topological polar surface area (TPSA) is 60.3 Å². The van der Waals surface area contributed by atoms with Crippen LogP contribution in [0.2, 0.25) is 0 Å². The lowest BCUT2D eigenvalue weighted by Crippen LogP contribution is -2.35. The third-order valence-electron chi connectivity index (χ3n) is 4.03. The molecule has 1 aliphatic rings. The maximum Gasteiger partial charge on any atom is 0.355 e. The minimum atomic E-state index is -0.375. The number of esters is 1. The summed E-state index contributed by atoms with van der Waals surface area (Å²) in [5, 5.41) is 5.03. The lowest BCUT2D eigenvalue weighted by molar-refractivity contribution is -0.122. The van der Waals surface area contributed by atoms with Crippen molar-refractivity contribution < 1.29 is 14.3 Å². The quantitative estimate of drug-likeness (QED) is 0.862. The number of rotatable bonds is 5. The first kappa shape index (κ1) is 15.1. The molecule has 3 rings (SSSR count). The summed E-state index contributed by atoms with van der Waals surface area (Å²) >= 11 is 1.56. The number of nitrogens with one attached hydrogen (secondary N) is 1. The monoisotopic (exact) mass is 320 g/mol. The zero-order valence-electron chi connectivity index (χ0n) is 12.6. The van der Waals surface area contributed by atoms with E-state index in [9.17, 15) is 9.59 Å². The Morgan fingerprint density at radius 2 is 2.18 bits per heavy atom. The van der Waals surface area contributed by atoms with Crippen LogP contribution in [0, 0.1) is 0 Å². The van der Waals surface area contributed by atoms with Gasteiger partial charge in [0.25, 0.3) is 0 Å². The zero-order chi connectivity index (χ0) is 15.5. The Kier molecular flexibility index (Phi) is 4.47. The Morgan fingerprint density at radius 1 is 1.41 bits per heavy atom. The van der Waals surface area contributed by atoms with E-state index in [-0.39, 0.29) is 24.5 Å². The van der Waals surface area contributed by atoms with E-state index < -0.39 is 0 Å². The van der Waals surface area contributed by atoms with Crippen molar-refractivity contribution in [1.29, 1.82) is 0 Å². The zero-order valence-corrected chi connectivity index (χ0v) is 13.4. The molecule has 118 valence electrons. The predicted molar refractivity (Wildman–Crippen MR) is 86.2 cm³/mol. The van der Waals surface area contributed by atoms with E-state index in [0.717, 1.165) is 23.1 Å². The van der Waals surface area contributed by atoms with Gasteiger partial charge in [-0.1, -0.05) is 12.8 Å². The van der Waals surface area contributed by atoms with Gasteiger partial charge in [0.05, 0.1) is 16.8 Å². The highest BCUT2D eigenvalue weighted by Crippen LogP contribution is 2.26. The van der Waals surface area contributed by atoms with Gasteiger partial charge >= 0.3 is 5.97 Å². The predicted octanol–water partition coefficient (Wildman–Crippen LogP) is 2.94. The van der Waals surface area contributed by atoms with Crippen LogP contribution in [0.5, 0.6) is 0 Å². The molecule has 0 saturated heterocycles. The maximum absolute atomic E-state index is 12.3. The molecular weight excluding hydrogens is 300 g/mol. The van der Waals surface area contributed by atoms with Gasteiger partial charge in [-0.25, -0.2) is 4.79 Å². The van der Waals surface area contributed by atoms with Gasteiger partial charge < -0.3 is 14.6 Å². The summed E-state index contributed by atoms with van der Waals surface area (Å²) in [6.07, 6.45) is 4.46. The number of amides is 1. The van der Waals surface area contributed by atoms with Crippen LogP contribution in [0.4, 0.5) is 0 Å². The largest absolute Gasteiger partial charge is 0.461 e. The van der Waals surface area contributed by atoms with E-state index in [1.54, 1.807) is 28.9 Å². The lowest BCUT2D eigenvalue weighted by atomic mass is 10.2. The van der Waals surface area contributed by atoms with Crippen LogP contribution in [-0.4, -0.2) is 29.1 Å². The number of nitrogens with zero attached hydrogens (tertiary/aromatic N) is 1. The first-order valence-electron chi connectivity index (χ1n) is 7.72. The van der Waals surface area contributed by atoms with E-state index in [1.165, 1.54) is 12.8 Å². The van der Waals surface area contributed by atoms with Crippen LogP contribution in [-0.2, 0) is 16.1 Å². The third kappa shape index (κ3) is 3.02. The van der Waals surface area contributed by atoms with Crippen molar-refractivity contribution in [3.05, 3.63) is 23.2 Å². The normalized spacial score (nSPS) is 15.3. The summed E-state index contributed by atoms with van der Waals surface area (Å²) in [4.78, 5) is 24.4. The Hall–Kier alpha value is -1.82. The van der Waals surface area contributed by atoms with Crippen molar-refractivity contribution in [3.63, 3.8) is 0 Å². The van der Waals surface area contributed by atoms with Crippen molar-refractivity contribution in [3.8, 4) is 0 Å². The molecule has 1 amide bonds. The Labute approximate surface area is 133 Å². The van der Waals surface area contributed by atoms with Crippen LogP contribution >= 0.6 is 11.3 Å². The van der Waals surface area contributed by atoms with E-state index in [4.69, 9.17) is 4.74 Å². The summed E-state index contributed by atoms with van der Waals surface area (Å²) in [5.74, 6) is -0.416. The second kappa shape index (κ2) is 6.52. The van der Waals surface area contributed by atoms with Crippen molar-refractivity contribution in [1.82, 2.24) is 9.88 Å². The van der Waals surface area contributed by atoms with Gasteiger partial charge in [0.2, 0.25) is 5.91 Å². The second-order valence-corrected chi connectivity index (χ2v) is 6.50. The molecule has 5 nitrogen and oxygen atoms in total. The Balaban J connectivity index is 1.81. The van der Waals surface area contributed by atoms with Gasteiger partial charge in [-0.15, -0.1) is 11.3 Å². The number of hydrogen-bond acceptors (Lipinski definition) is 4. The molecule has 0 atom stereocenters. The molecule has 1 fully saturated rings. The Bertz CT molecular complexity index is 683. The fourth-order valence-corrected chi connectivity index (χ4v) is 3.83. The number of carbonyl (C=O) groups is 2. The molecule has 6 heteroatoms. The van der Waals surface area contributed by atoms with E-state index in [1.807, 2.05) is 11.4 Å². The molecular formula is C16H20N2O3S. The number of hydrogen-bond donors (Lipinski definition) is 1. The summed E-state index contributed by atoms with van der Waals surface area (Å²) in [5.41, 5.74) is 1.36. The average molecular weight is 320 g/mol. The van der Waals surface area contributed by atoms with Crippen LogP contribution in [0.15, 0.2) is 17.5 Å². The molecule has 2 heterocycles. The lowest BCUT2D eigenvalue weighted by Gasteiger charge is -2.14. The molecule has 0 radical (unpaired) electrons. The van der Waals surface area contributed by atoms with Crippen LogP contribution in [0.1, 0.15) is 43.1 Å². The number of ether oxygens (including phenoxy) is 1. The molecule has 1 saturated carbocycles. The van der Waals surface area contributed by atoms with Crippen molar-refractivity contribution in [2.45, 2.75) is 45.2 Å². The molecule has 0 aromatic carbocycles. The van der Waals surface area contributed by atoms with Gasteiger partial charge in [0.15, 0.2) is 0 Å². The molecule has 2 aromatic heterocycles. The SMILES string of the molecule is CCOC(=O)c1cc2sccc2n1CC(=O)NC1CCCC1. The standard InChI is InChI=1S/C16H20N2O3S/c1-2-21-16(20)13-9-14-12(7-8-22-14)18(13)10-15(19)17-11-5-3-4-6-11/h7-9,11H,2-6,10H2,1H3,(H,17,19). The van der Waals surface area contributed by atoms with Crippen LogP contribution < -0.4 is 5.32 Å². The molecule has 0 bridgehead atoms. The maximum atomic E-state index is 12.3. The fraction of sp³-hybridized carbons (Fsp3) is 0.500. The van der Waals surface area contributed by atoms with Crippen LogP contribution in [0.3, 0.4) is 0 Å². The van der Waals surface area contributed by atoms with Gasteiger partial charge in [0.1, 0.15) is 12.2 Å². The summed E-state index contributed by atoms with van der Waals surface area (Å²) in [7, 11) is 0. The second-order valence-electron chi connectivity index (χ2n) is 5.56. The highest BCUT2D eigenvalue weighted by molar-refractivity contribution is 7.17. The molecule has 22 heavy (non-hydrogen) atoms. The highest BCUT2D eigenvalue weighted by atomic mass is 32.1. The number of aromatic nitrogens is 1. The fourth-order valence-electron chi connectivity index (χ4n) is 3.01.